The third-order valence-electron chi connectivity index (χ3n) is 5.92. The molecule has 1 saturated heterocycles. The van der Waals surface area contributed by atoms with E-state index >= 15 is 0 Å². The highest BCUT2D eigenvalue weighted by molar-refractivity contribution is 5.91. The zero-order valence-electron chi connectivity index (χ0n) is 15.1. The highest BCUT2D eigenvalue weighted by Gasteiger charge is 2.38. The van der Waals surface area contributed by atoms with Gasteiger partial charge in [0, 0.05) is 24.5 Å². The first kappa shape index (κ1) is 16.6. The molecule has 134 valence electrons. The summed E-state index contributed by atoms with van der Waals surface area (Å²) in [4.78, 5) is 13.9. The average Bonchev–Trinajstić information content (AvgIpc) is 2.92. The number of carbonyl (C=O) groups is 1. The summed E-state index contributed by atoms with van der Waals surface area (Å²) in [6.07, 6.45) is 5.52. The summed E-state index contributed by atoms with van der Waals surface area (Å²) in [6.45, 7) is 5.14. The zero-order chi connectivity index (χ0) is 17.4. The second kappa shape index (κ2) is 6.81. The molecule has 5 nitrogen and oxygen atoms in total. The monoisotopic (exact) mass is 341 g/mol. The van der Waals surface area contributed by atoms with Crippen LogP contribution >= 0.6 is 0 Å². The molecule has 1 aliphatic carbocycles. The number of ether oxygens (including phenoxy) is 1. The van der Waals surface area contributed by atoms with Crippen LogP contribution in [0.3, 0.4) is 0 Å². The molecule has 0 saturated carbocycles. The lowest BCUT2D eigenvalue weighted by Gasteiger charge is -2.44. The fourth-order valence-corrected chi connectivity index (χ4v) is 5.05. The van der Waals surface area contributed by atoms with Gasteiger partial charge in [0.25, 0.3) is 0 Å². The van der Waals surface area contributed by atoms with E-state index in [-0.39, 0.29) is 0 Å². The number of methoxy groups -OCH3 is 1. The van der Waals surface area contributed by atoms with Crippen molar-refractivity contribution in [2.45, 2.75) is 51.2 Å². The predicted molar refractivity (Wildman–Crippen MR) is 99.4 cm³/mol. The Morgan fingerprint density at radius 3 is 3.04 bits per heavy atom. The van der Waals surface area contributed by atoms with E-state index in [1.807, 2.05) is 4.68 Å². The number of benzene rings is 1. The van der Waals surface area contributed by atoms with Crippen LogP contribution in [0, 0.1) is 0 Å². The molecule has 2 aromatic rings. The molecule has 1 fully saturated rings. The molecule has 0 radical (unpaired) electrons. The largest absolute Gasteiger partial charge is 0.378 e. The summed E-state index contributed by atoms with van der Waals surface area (Å²) in [7, 11) is 1.71. The van der Waals surface area contributed by atoms with Crippen molar-refractivity contribution in [2.75, 3.05) is 25.6 Å². The number of amides is 1. The quantitative estimate of drug-likeness (QED) is 0.822. The van der Waals surface area contributed by atoms with Gasteiger partial charge in [-0.1, -0.05) is 19.1 Å². The minimum absolute atomic E-state index is 0.509. The molecule has 5 heteroatoms. The molecule has 1 N–H and O–H groups in total. The van der Waals surface area contributed by atoms with Gasteiger partial charge in [0.15, 0.2) is 0 Å². The third-order valence-corrected chi connectivity index (χ3v) is 5.92. The highest BCUT2D eigenvalue weighted by atomic mass is 16.5. The SMILES string of the molecule is CCCN1CCC[C@@H]2c3cccc4c3c(c(COC)n4NC=O)C[C@H]21. The van der Waals surface area contributed by atoms with Crippen LogP contribution in [0.1, 0.15) is 48.9 Å². The summed E-state index contributed by atoms with van der Waals surface area (Å²) in [5.41, 5.74) is 7.86. The van der Waals surface area contributed by atoms with E-state index in [1.165, 1.54) is 48.9 Å². The molecule has 1 aromatic heterocycles. The van der Waals surface area contributed by atoms with E-state index in [0.29, 0.717) is 18.6 Å². The standard InChI is InChI=1S/C20H27N3O2/c1-3-9-22-10-5-7-14-15-6-4-8-17-20(15)16(11-18(14)22)19(12-25-2)23(17)21-13-24/h4,6,8,13-14,18H,3,5,7,9-12H2,1-2H3,(H,21,24)/t14-,18-/m1/s1. The Hall–Kier alpha value is -1.85. The summed E-state index contributed by atoms with van der Waals surface area (Å²) < 4.78 is 7.39. The molecule has 1 aromatic carbocycles. The van der Waals surface area contributed by atoms with Crippen LogP contribution in [0.2, 0.25) is 0 Å². The van der Waals surface area contributed by atoms with Gasteiger partial charge in [0.1, 0.15) is 0 Å². The zero-order valence-corrected chi connectivity index (χ0v) is 15.1. The first-order chi connectivity index (χ1) is 12.3. The van der Waals surface area contributed by atoms with Crippen LogP contribution in [0.5, 0.6) is 0 Å². The van der Waals surface area contributed by atoms with E-state index in [0.717, 1.165) is 24.0 Å². The van der Waals surface area contributed by atoms with Crippen LogP contribution in [0.4, 0.5) is 0 Å². The number of hydrogen-bond acceptors (Lipinski definition) is 3. The Bertz CT molecular complexity index is 781. The number of nitrogens with one attached hydrogen (secondary N) is 1. The Morgan fingerprint density at radius 1 is 1.40 bits per heavy atom. The van der Waals surface area contributed by atoms with Gasteiger partial charge in [-0.25, -0.2) is 0 Å². The summed E-state index contributed by atoms with van der Waals surface area (Å²) >= 11 is 0. The minimum Gasteiger partial charge on any atom is -0.378 e. The minimum atomic E-state index is 0.509. The lowest BCUT2D eigenvalue weighted by atomic mass is 9.74. The first-order valence-electron chi connectivity index (χ1n) is 9.38. The number of hydrogen-bond donors (Lipinski definition) is 1. The van der Waals surface area contributed by atoms with E-state index in [2.05, 4.69) is 35.4 Å². The lowest BCUT2D eigenvalue weighted by molar-refractivity contribution is -0.106. The number of fused-ring (bicyclic) bond motifs is 2. The Balaban J connectivity index is 1.89. The molecular weight excluding hydrogens is 314 g/mol. The predicted octanol–water partition coefficient (Wildman–Crippen LogP) is 3.00. The number of nitrogens with zero attached hydrogens (tertiary/aromatic N) is 2. The van der Waals surface area contributed by atoms with Gasteiger partial charge >= 0.3 is 0 Å². The maximum atomic E-state index is 11.2. The van der Waals surface area contributed by atoms with Crippen molar-refractivity contribution in [2.24, 2.45) is 0 Å². The van der Waals surface area contributed by atoms with Gasteiger partial charge in [-0.15, -0.1) is 0 Å². The number of aromatic nitrogens is 1. The van der Waals surface area contributed by atoms with Crippen LogP contribution in [-0.4, -0.2) is 42.2 Å². The van der Waals surface area contributed by atoms with Crippen LogP contribution < -0.4 is 5.43 Å². The van der Waals surface area contributed by atoms with Gasteiger partial charge < -0.3 is 4.74 Å². The molecule has 0 bridgehead atoms. The van der Waals surface area contributed by atoms with Gasteiger partial charge in [0.2, 0.25) is 6.41 Å². The van der Waals surface area contributed by atoms with Crippen molar-refractivity contribution in [3.05, 3.63) is 35.0 Å². The van der Waals surface area contributed by atoms with Crippen molar-refractivity contribution in [1.82, 2.24) is 9.58 Å². The smallest absolute Gasteiger partial charge is 0.226 e. The van der Waals surface area contributed by atoms with E-state index < -0.39 is 0 Å². The second-order valence-corrected chi connectivity index (χ2v) is 7.24. The summed E-state index contributed by atoms with van der Waals surface area (Å²) in [5.74, 6) is 0.596. The van der Waals surface area contributed by atoms with E-state index in [9.17, 15) is 4.79 Å². The molecule has 2 heterocycles. The van der Waals surface area contributed by atoms with Gasteiger partial charge in [-0.05, 0) is 56.0 Å². The fraction of sp³-hybridized carbons (Fsp3) is 0.550. The number of carbonyl (C=O) groups excluding carboxylic acids is 1. The van der Waals surface area contributed by atoms with Gasteiger partial charge in [-0.3, -0.25) is 19.8 Å². The maximum absolute atomic E-state index is 11.2. The van der Waals surface area contributed by atoms with E-state index in [4.69, 9.17) is 4.74 Å². The molecule has 0 spiro atoms. The summed E-state index contributed by atoms with van der Waals surface area (Å²) in [6, 6.07) is 7.09. The number of piperidine rings is 1. The van der Waals surface area contributed by atoms with Crippen molar-refractivity contribution < 1.29 is 9.53 Å². The molecule has 2 atom stereocenters. The van der Waals surface area contributed by atoms with Gasteiger partial charge in [0.05, 0.1) is 17.8 Å². The highest BCUT2D eigenvalue weighted by Crippen LogP contribution is 2.45. The Morgan fingerprint density at radius 2 is 2.28 bits per heavy atom. The van der Waals surface area contributed by atoms with Crippen LogP contribution in [0.15, 0.2) is 18.2 Å². The summed E-state index contributed by atoms with van der Waals surface area (Å²) in [5, 5.41) is 1.34. The van der Waals surface area contributed by atoms with Crippen molar-refractivity contribution in [1.29, 1.82) is 0 Å². The number of likely N-dealkylation sites (tertiary alicyclic amines) is 1. The maximum Gasteiger partial charge on any atom is 0.226 e. The molecule has 1 amide bonds. The first-order valence-corrected chi connectivity index (χ1v) is 9.38. The molecule has 25 heavy (non-hydrogen) atoms. The fourth-order valence-electron chi connectivity index (χ4n) is 5.05. The van der Waals surface area contributed by atoms with Crippen molar-refractivity contribution in [3.63, 3.8) is 0 Å². The van der Waals surface area contributed by atoms with Crippen LogP contribution in [-0.2, 0) is 22.6 Å². The molecular formula is C20H27N3O2. The molecule has 4 rings (SSSR count). The third kappa shape index (κ3) is 2.57. The molecule has 2 aliphatic rings. The average molecular weight is 341 g/mol. The molecule has 1 aliphatic heterocycles. The van der Waals surface area contributed by atoms with E-state index in [1.54, 1.807) is 7.11 Å². The topological polar surface area (TPSA) is 46.5 Å². The Kier molecular flexibility index (Phi) is 4.52. The molecule has 0 unspecified atom stereocenters. The van der Waals surface area contributed by atoms with Crippen molar-refractivity contribution in [3.8, 4) is 0 Å². The van der Waals surface area contributed by atoms with Crippen LogP contribution in [0.25, 0.3) is 10.9 Å². The second-order valence-electron chi connectivity index (χ2n) is 7.24. The van der Waals surface area contributed by atoms with Crippen molar-refractivity contribution >= 4 is 17.3 Å². The number of rotatable bonds is 6. The Labute approximate surface area is 148 Å². The lowest BCUT2D eigenvalue weighted by Crippen LogP contribution is -2.47. The van der Waals surface area contributed by atoms with Gasteiger partial charge in [-0.2, -0.15) is 0 Å². The normalized spacial score (nSPS) is 22.8.